The van der Waals surface area contributed by atoms with Crippen molar-refractivity contribution < 1.29 is 4.79 Å². The molecule has 0 spiro atoms. The average molecular weight is 213 g/mol. The Hall–Kier alpha value is -2.23. The summed E-state index contributed by atoms with van der Waals surface area (Å²) in [6, 6.07) is 10.9. The van der Waals surface area contributed by atoms with Gasteiger partial charge in [-0.05, 0) is 24.3 Å². The zero-order valence-electron chi connectivity index (χ0n) is 8.63. The first-order chi connectivity index (χ1) is 7.84. The molecule has 0 aliphatic heterocycles. The van der Waals surface area contributed by atoms with Gasteiger partial charge in [-0.3, -0.25) is 9.78 Å². The first-order valence-corrected chi connectivity index (χ1v) is 4.95. The number of rotatable bonds is 3. The molecule has 1 N–H and O–H groups in total. The summed E-state index contributed by atoms with van der Waals surface area (Å²) in [7, 11) is 0. The Morgan fingerprint density at radius 1 is 1.06 bits per heavy atom. The Bertz CT molecular complexity index is 413. The molecule has 1 amide bonds. The summed E-state index contributed by atoms with van der Waals surface area (Å²) >= 11 is 0. The lowest BCUT2D eigenvalue weighted by Gasteiger charge is -2.03. The number of nitrogens with zero attached hydrogens (tertiary/aromatic N) is 2. The van der Waals surface area contributed by atoms with Crippen molar-refractivity contribution in [3.8, 4) is 0 Å². The van der Waals surface area contributed by atoms with E-state index in [1.165, 1.54) is 0 Å². The third-order valence-corrected chi connectivity index (χ3v) is 2.00. The van der Waals surface area contributed by atoms with E-state index in [1.54, 1.807) is 24.5 Å². The van der Waals surface area contributed by atoms with Crippen LogP contribution in [0.1, 0.15) is 5.69 Å². The SMILES string of the molecule is O=C(Cc1ccccn1)Nc1ccccn1. The second kappa shape index (κ2) is 5.02. The van der Waals surface area contributed by atoms with Crippen LogP contribution in [-0.4, -0.2) is 15.9 Å². The highest BCUT2D eigenvalue weighted by Gasteiger charge is 2.04. The van der Waals surface area contributed by atoms with Crippen LogP contribution >= 0.6 is 0 Å². The Balaban J connectivity index is 1.95. The van der Waals surface area contributed by atoms with Crippen molar-refractivity contribution in [1.29, 1.82) is 0 Å². The molecule has 2 heterocycles. The van der Waals surface area contributed by atoms with Crippen molar-refractivity contribution >= 4 is 11.7 Å². The molecule has 0 aliphatic carbocycles. The van der Waals surface area contributed by atoms with Gasteiger partial charge in [-0.15, -0.1) is 0 Å². The number of hydrogen-bond donors (Lipinski definition) is 1. The van der Waals surface area contributed by atoms with Gasteiger partial charge in [0, 0.05) is 18.1 Å². The zero-order chi connectivity index (χ0) is 11.2. The molecule has 0 radical (unpaired) electrons. The number of carbonyl (C=O) groups excluding carboxylic acids is 1. The van der Waals surface area contributed by atoms with Gasteiger partial charge in [0.2, 0.25) is 5.91 Å². The second-order valence-corrected chi connectivity index (χ2v) is 3.26. The third kappa shape index (κ3) is 2.88. The van der Waals surface area contributed by atoms with E-state index >= 15 is 0 Å². The standard InChI is InChI=1S/C12H11N3O/c16-12(9-10-5-1-3-7-13-10)15-11-6-2-4-8-14-11/h1-8H,9H2,(H,14,15,16). The monoisotopic (exact) mass is 213 g/mol. The summed E-state index contributed by atoms with van der Waals surface area (Å²) in [5, 5.41) is 2.70. The minimum absolute atomic E-state index is 0.114. The fourth-order valence-electron chi connectivity index (χ4n) is 1.29. The van der Waals surface area contributed by atoms with Crippen molar-refractivity contribution in [3.63, 3.8) is 0 Å². The number of pyridine rings is 2. The van der Waals surface area contributed by atoms with Gasteiger partial charge in [0.05, 0.1) is 6.42 Å². The molecule has 0 aliphatic rings. The minimum atomic E-state index is -0.114. The summed E-state index contributed by atoms with van der Waals surface area (Å²) in [4.78, 5) is 19.7. The lowest BCUT2D eigenvalue weighted by atomic mass is 10.2. The number of carbonyl (C=O) groups is 1. The van der Waals surface area contributed by atoms with Gasteiger partial charge in [-0.25, -0.2) is 4.98 Å². The molecule has 2 aromatic rings. The molecule has 2 rings (SSSR count). The van der Waals surface area contributed by atoms with E-state index in [4.69, 9.17) is 0 Å². The van der Waals surface area contributed by atoms with E-state index in [-0.39, 0.29) is 12.3 Å². The van der Waals surface area contributed by atoms with Crippen LogP contribution in [0.4, 0.5) is 5.82 Å². The maximum Gasteiger partial charge on any atom is 0.231 e. The van der Waals surface area contributed by atoms with Crippen molar-refractivity contribution in [2.24, 2.45) is 0 Å². The highest BCUT2D eigenvalue weighted by atomic mass is 16.1. The van der Waals surface area contributed by atoms with E-state index in [9.17, 15) is 4.79 Å². The first-order valence-electron chi connectivity index (χ1n) is 4.95. The Morgan fingerprint density at radius 3 is 2.44 bits per heavy atom. The summed E-state index contributed by atoms with van der Waals surface area (Å²) in [6.45, 7) is 0. The topological polar surface area (TPSA) is 54.9 Å². The van der Waals surface area contributed by atoms with E-state index in [0.717, 1.165) is 5.69 Å². The number of aromatic nitrogens is 2. The molecule has 0 aromatic carbocycles. The lowest BCUT2D eigenvalue weighted by Crippen LogP contribution is -2.15. The zero-order valence-corrected chi connectivity index (χ0v) is 8.63. The summed E-state index contributed by atoms with van der Waals surface area (Å²) in [6.07, 6.45) is 3.57. The maximum atomic E-state index is 11.6. The largest absolute Gasteiger partial charge is 0.310 e. The van der Waals surface area contributed by atoms with E-state index < -0.39 is 0 Å². The van der Waals surface area contributed by atoms with Gasteiger partial charge in [0.25, 0.3) is 0 Å². The molecule has 2 aromatic heterocycles. The van der Waals surface area contributed by atoms with Gasteiger partial charge < -0.3 is 5.32 Å². The number of amides is 1. The third-order valence-electron chi connectivity index (χ3n) is 2.00. The van der Waals surface area contributed by atoms with Gasteiger partial charge in [0.1, 0.15) is 5.82 Å². The summed E-state index contributed by atoms with van der Waals surface area (Å²) < 4.78 is 0. The Labute approximate surface area is 93.4 Å². The van der Waals surface area contributed by atoms with Crippen molar-refractivity contribution in [2.75, 3.05) is 5.32 Å². The number of nitrogens with one attached hydrogen (secondary N) is 1. The Morgan fingerprint density at radius 2 is 1.81 bits per heavy atom. The molecule has 0 fully saturated rings. The summed E-state index contributed by atoms with van der Waals surface area (Å²) in [5.74, 6) is 0.445. The fourth-order valence-corrected chi connectivity index (χ4v) is 1.29. The van der Waals surface area contributed by atoms with E-state index in [0.29, 0.717) is 5.82 Å². The lowest BCUT2D eigenvalue weighted by molar-refractivity contribution is -0.115. The van der Waals surface area contributed by atoms with Gasteiger partial charge in [-0.2, -0.15) is 0 Å². The van der Waals surface area contributed by atoms with E-state index in [2.05, 4.69) is 15.3 Å². The second-order valence-electron chi connectivity index (χ2n) is 3.26. The van der Waals surface area contributed by atoms with Crippen molar-refractivity contribution in [1.82, 2.24) is 9.97 Å². The van der Waals surface area contributed by atoms with Gasteiger partial charge in [0.15, 0.2) is 0 Å². The summed E-state index contributed by atoms with van der Waals surface area (Å²) in [5.41, 5.74) is 0.746. The van der Waals surface area contributed by atoms with Crippen LogP contribution in [0.2, 0.25) is 0 Å². The molecule has 4 nitrogen and oxygen atoms in total. The molecule has 0 atom stereocenters. The van der Waals surface area contributed by atoms with Crippen LogP contribution in [0, 0.1) is 0 Å². The van der Waals surface area contributed by atoms with Crippen LogP contribution in [0.3, 0.4) is 0 Å². The predicted octanol–water partition coefficient (Wildman–Crippen LogP) is 1.66. The maximum absolute atomic E-state index is 11.6. The van der Waals surface area contributed by atoms with Crippen LogP contribution < -0.4 is 5.32 Å². The highest BCUT2D eigenvalue weighted by Crippen LogP contribution is 2.02. The molecular weight excluding hydrogens is 202 g/mol. The molecule has 4 heteroatoms. The average Bonchev–Trinajstić information content (AvgIpc) is 2.31. The number of anilines is 1. The quantitative estimate of drug-likeness (QED) is 0.843. The highest BCUT2D eigenvalue weighted by molar-refractivity contribution is 5.91. The van der Waals surface area contributed by atoms with E-state index in [1.807, 2.05) is 24.3 Å². The first kappa shape index (κ1) is 10.3. The molecule has 0 saturated carbocycles. The molecule has 0 bridgehead atoms. The van der Waals surface area contributed by atoms with Crippen LogP contribution in [0.5, 0.6) is 0 Å². The molecule has 80 valence electrons. The molecule has 16 heavy (non-hydrogen) atoms. The smallest absolute Gasteiger partial charge is 0.231 e. The van der Waals surface area contributed by atoms with Crippen LogP contribution in [0.15, 0.2) is 48.8 Å². The molecule has 0 saturated heterocycles. The normalized spacial score (nSPS) is 9.75. The molecular formula is C12H11N3O. The number of hydrogen-bond acceptors (Lipinski definition) is 3. The Kier molecular flexibility index (Phi) is 3.23. The van der Waals surface area contributed by atoms with Gasteiger partial charge in [-0.1, -0.05) is 12.1 Å². The predicted molar refractivity (Wildman–Crippen MR) is 60.8 cm³/mol. The van der Waals surface area contributed by atoms with Gasteiger partial charge >= 0.3 is 0 Å². The molecule has 0 unspecified atom stereocenters. The minimum Gasteiger partial charge on any atom is -0.310 e. The van der Waals surface area contributed by atoms with Crippen LogP contribution in [-0.2, 0) is 11.2 Å². The van der Waals surface area contributed by atoms with Crippen LogP contribution in [0.25, 0.3) is 0 Å². The van der Waals surface area contributed by atoms with Crippen molar-refractivity contribution in [2.45, 2.75) is 6.42 Å². The van der Waals surface area contributed by atoms with Crippen molar-refractivity contribution in [3.05, 3.63) is 54.5 Å². The fraction of sp³-hybridized carbons (Fsp3) is 0.0833.